The van der Waals surface area contributed by atoms with Gasteiger partial charge in [-0.05, 0) is 18.1 Å². The molecule has 0 amide bonds. The largest absolute Gasteiger partial charge is 0.0990 e. The van der Waals surface area contributed by atoms with Crippen LogP contribution < -0.4 is 0 Å². The molecule has 1 aromatic rings. The normalized spacial score (nSPS) is 9.53. The van der Waals surface area contributed by atoms with Crippen molar-refractivity contribution in [1.29, 1.82) is 0 Å². The van der Waals surface area contributed by atoms with Gasteiger partial charge in [0.2, 0.25) is 0 Å². The number of benzene rings is 1. The quantitative estimate of drug-likeness (QED) is 0.603. The fourth-order valence-electron chi connectivity index (χ4n) is 1.23. The second kappa shape index (κ2) is 7.81. The number of hydrogen-bond donors (Lipinski definition) is 0. The van der Waals surface area contributed by atoms with E-state index in [1.807, 2.05) is 18.2 Å². The van der Waals surface area contributed by atoms with E-state index >= 15 is 0 Å². The second-order valence-corrected chi connectivity index (χ2v) is 2.93. The number of aryl methyl sites for hydroxylation is 1. The van der Waals surface area contributed by atoms with Gasteiger partial charge in [-0.25, -0.2) is 0 Å². The maximum atomic E-state index is 3.77. The van der Waals surface area contributed by atoms with Crippen molar-refractivity contribution in [2.45, 2.75) is 21.8 Å². The Morgan fingerprint density at radius 1 is 1.20 bits per heavy atom. The van der Waals surface area contributed by atoms with Crippen LogP contribution in [0.2, 0.25) is 0 Å². The molecule has 82 valence electrons. The molecular weight excluding hydrogens is 180 g/mol. The molecule has 0 saturated carbocycles. The number of allylic oxidation sites excluding steroid dienone is 4. The van der Waals surface area contributed by atoms with Gasteiger partial charge in [-0.2, -0.15) is 0 Å². The van der Waals surface area contributed by atoms with Gasteiger partial charge in [0.25, 0.3) is 0 Å². The van der Waals surface area contributed by atoms with Crippen molar-refractivity contribution in [3.05, 3.63) is 66.8 Å². The second-order valence-electron chi connectivity index (χ2n) is 2.93. The van der Waals surface area contributed by atoms with Crippen LogP contribution in [0.3, 0.4) is 0 Å². The third-order valence-corrected chi connectivity index (χ3v) is 1.87. The molecule has 0 radical (unpaired) electrons. The predicted molar refractivity (Wildman–Crippen MR) is 73.0 cm³/mol. The van der Waals surface area contributed by atoms with Crippen LogP contribution in [0.5, 0.6) is 0 Å². The van der Waals surface area contributed by atoms with E-state index in [1.165, 1.54) is 11.1 Å². The predicted octanol–water partition coefficient (Wildman–Crippen LogP) is 5.02. The van der Waals surface area contributed by atoms with Gasteiger partial charge >= 0.3 is 0 Å². The third kappa shape index (κ3) is 4.46. The van der Waals surface area contributed by atoms with Crippen LogP contribution in [0.15, 0.2) is 55.7 Å². The first-order chi connectivity index (χ1) is 6.27. The smallest absolute Gasteiger partial charge is 0.0182 e. The Morgan fingerprint density at radius 3 is 2.33 bits per heavy atom. The lowest BCUT2D eigenvalue weighted by Gasteiger charge is -2.02. The van der Waals surface area contributed by atoms with Crippen molar-refractivity contribution in [2.75, 3.05) is 0 Å². The average Bonchev–Trinajstić information content (AvgIpc) is 2.14. The van der Waals surface area contributed by atoms with Gasteiger partial charge in [-0.15, -0.1) is 0 Å². The van der Waals surface area contributed by atoms with E-state index in [9.17, 15) is 0 Å². The van der Waals surface area contributed by atoms with Gasteiger partial charge in [0.15, 0.2) is 0 Å². The summed E-state index contributed by atoms with van der Waals surface area (Å²) in [6.45, 7) is 9.52. The summed E-state index contributed by atoms with van der Waals surface area (Å²) in [5, 5.41) is 0. The molecule has 0 N–H and O–H groups in total. The zero-order valence-corrected chi connectivity index (χ0v) is 7.96. The van der Waals surface area contributed by atoms with Crippen LogP contribution in [-0.2, 0) is 0 Å². The third-order valence-electron chi connectivity index (χ3n) is 1.87. The fourth-order valence-corrected chi connectivity index (χ4v) is 1.23. The zero-order valence-electron chi connectivity index (χ0n) is 7.96. The molecule has 0 aromatic heterocycles. The molecule has 0 aliphatic carbocycles. The molecule has 0 atom stereocenters. The minimum Gasteiger partial charge on any atom is -0.0990 e. The first-order valence-corrected chi connectivity index (χ1v) is 4.30. The standard InChI is InChI=1S/C13H14.2CH4/c1-4-7-12(5-2)13-9-6-8-11(3)10-13;;/h4-10H,1-2H2,3H3;2*1H4/b12-7+;;. The van der Waals surface area contributed by atoms with E-state index in [-0.39, 0.29) is 14.9 Å². The average molecular weight is 202 g/mol. The number of rotatable bonds is 3. The summed E-state index contributed by atoms with van der Waals surface area (Å²) in [4.78, 5) is 0. The van der Waals surface area contributed by atoms with E-state index < -0.39 is 0 Å². The van der Waals surface area contributed by atoms with Crippen LogP contribution in [0, 0.1) is 6.92 Å². The lowest BCUT2D eigenvalue weighted by atomic mass is 10.0. The molecule has 1 rings (SSSR count). The molecule has 0 aliphatic heterocycles. The zero-order chi connectivity index (χ0) is 9.68. The Kier molecular flexibility index (Phi) is 8.27. The minimum atomic E-state index is 0. The Hall–Kier alpha value is -1.56. The molecule has 0 unspecified atom stereocenters. The molecular formula is C15H22. The highest BCUT2D eigenvalue weighted by molar-refractivity contribution is 5.74. The lowest BCUT2D eigenvalue weighted by molar-refractivity contribution is 1.45. The Morgan fingerprint density at radius 2 is 1.87 bits per heavy atom. The molecule has 1 aromatic carbocycles. The van der Waals surface area contributed by atoms with Crippen molar-refractivity contribution < 1.29 is 0 Å². The molecule has 0 aliphatic rings. The summed E-state index contributed by atoms with van der Waals surface area (Å²) in [5.74, 6) is 0. The van der Waals surface area contributed by atoms with Crippen LogP contribution in [0.4, 0.5) is 0 Å². The van der Waals surface area contributed by atoms with Gasteiger partial charge in [-0.3, -0.25) is 0 Å². The van der Waals surface area contributed by atoms with Gasteiger partial charge in [-0.1, -0.05) is 76.1 Å². The maximum absolute atomic E-state index is 3.77. The monoisotopic (exact) mass is 202 g/mol. The van der Waals surface area contributed by atoms with Crippen molar-refractivity contribution in [3.8, 4) is 0 Å². The van der Waals surface area contributed by atoms with Gasteiger partial charge in [0.1, 0.15) is 0 Å². The lowest BCUT2D eigenvalue weighted by Crippen LogP contribution is -1.81. The molecule has 15 heavy (non-hydrogen) atoms. The van der Waals surface area contributed by atoms with E-state index in [1.54, 1.807) is 6.08 Å². The van der Waals surface area contributed by atoms with E-state index in [2.05, 4.69) is 38.3 Å². The first-order valence-electron chi connectivity index (χ1n) is 4.30. The highest BCUT2D eigenvalue weighted by atomic mass is 14.0. The van der Waals surface area contributed by atoms with Crippen molar-refractivity contribution in [2.24, 2.45) is 0 Å². The van der Waals surface area contributed by atoms with Crippen molar-refractivity contribution in [1.82, 2.24) is 0 Å². The minimum absolute atomic E-state index is 0. The van der Waals surface area contributed by atoms with Gasteiger partial charge < -0.3 is 0 Å². The molecule has 0 saturated heterocycles. The maximum Gasteiger partial charge on any atom is -0.0182 e. The summed E-state index contributed by atoms with van der Waals surface area (Å²) in [7, 11) is 0. The Labute approximate surface area is 94.7 Å². The topological polar surface area (TPSA) is 0 Å². The van der Waals surface area contributed by atoms with Gasteiger partial charge in [0, 0.05) is 0 Å². The summed E-state index contributed by atoms with van der Waals surface area (Å²) < 4.78 is 0. The summed E-state index contributed by atoms with van der Waals surface area (Å²) in [6.07, 6.45) is 5.58. The van der Waals surface area contributed by atoms with E-state index in [4.69, 9.17) is 0 Å². The van der Waals surface area contributed by atoms with Crippen molar-refractivity contribution >= 4 is 5.57 Å². The molecule has 0 bridgehead atoms. The molecule has 0 spiro atoms. The summed E-state index contributed by atoms with van der Waals surface area (Å²) in [6, 6.07) is 8.34. The van der Waals surface area contributed by atoms with E-state index in [0.29, 0.717) is 0 Å². The van der Waals surface area contributed by atoms with Crippen LogP contribution in [0.1, 0.15) is 26.0 Å². The van der Waals surface area contributed by atoms with E-state index in [0.717, 1.165) is 5.57 Å². The first kappa shape index (κ1) is 15.9. The molecule has 0 heterocycles. The summed E-state index contributed by atoms with van der Waals surface area (Å²) >= 11 is 0. The Balaban J connectivity index is 0. The van der Waals surface area contributed by atoms with Crippen LogP contribution in [0.25, 0.3) is 5.57 Å². The molecule has 0 nitrogen and oxygen atoms in total. The van der Waals surface area contributed by atoms with Crippen LogP contribution in [-0.4, -0.2) is 0 Å². The SMILES string of the molecule is C.C.C=C/C=C(\C=C)c1cccc(C)c1. The van der Waals surface area contributed by atoms with Crippen LogP contribution >= 0.6 is 0 Å². The highest BCUT2D eigenvalue weighted by Gasteiger charge is 1.95. The van der Waals surface area contributed by atoms with Gasteiger partial charge in [0.05, 0.1) is 0 Å². The number of hydrogen-bond acceptors (Lipinski definition) is 0. The van der Waals surface area contributed by atoms with Crippen molar-refractivity contribution in [3.63, 3.8) is 0 Å². The highest BCUT2D eigenvalue weighted by Crippen LogP contribution is 2.16. The Bertz CT molecular complexity index is 343. The summed E-state index contributed by atoms with van der Waals surface area (Å²) in [5.41, 5.74) is 3.56. The molecule has 0 heteroatoms. The fraction of sp³-hybridized carbons (Fsp3) is 0.200. The molecule has 0 fully saturated rings.